The van der Waals surface area contributed by atoms with Crippen LogP contribution in [0.15, 0.2) is 54.6 Å². The summed E-state index contributed by atoms with van der Waals surface area (Å²) in [4.78, 5) is 15.2. The fourth-order valence-electron chi connectivity index (χ4n) is 5.15. The molecule has 234 valence electrons. The molecule has 0 bridgehead atoms. The normalized spacial score (nSPS) is 13.4. The van der Waals surface area contributed by atoms with E-state index >= 15 is 0 Å². The van der Waals surface area contributed by atoms with Gasteiger partial charge in [0.15, 0.2) is 17.5 Å². The van der Waals surface area contributed by atoms with E-state index in [-0.39, 0.29) is 18.7 Å². The predicted molar refractivity (Wildman–Crippen MR) is 156 cm³/mol. The standard InChI is InChI=1S/C34H39F6NO2/c1-6-13-33(5,32(42)43-7-2)28-16-23(15-26(19-28)25-8-10-27(11-9-25)34(38,39)40)20-41(14-12-22(3)4)21-24-17-29(35)31(37)30(36)18-24/h8-11,15-19,22H,6-7,12-14,20-21H2,1-5H3. The summed E-state index contributed by atoms with van der Waals surface area (Å²) < 4.78 is 86.9. The maximum Gasteiger partial charge on any atom is 0.416 e. The highest BCUT2D eigenvalue weighted by molar-refractivity contribution is 5.83. The van der Waals surface area contributed by atoms with Crippen molar-refractivity contribution in [2.45, 2.75) is 78.6 Å². The van der Waals surface area contributed by atoms with Crippen molar-refractivity contribution in [3.8, 4) is 11.1 Å². The summed E-state index contributed by atoms with van der Waals surface area (Å²) in [6.07, 6.45) is -2.55. The van der Waals surface area contributed by atoms with Crippen molar-refractivity contribution < 1.29 is 35.9 Å². The first-order valence-corrected chi connectivity index (χ1v) is 14.5. The van der Waals surface area contributed by atoms with E-state index in [0.29, 0.717) is 48.5 Å². The van der Waals surface area contributed by atoms with Crippen LogP contribution in [0.5, 0.6) is 0 Å². The topological polar surface area (TPSA) is 29.5 Å². The largest absolute Gasteiger partial charge is 0.465 e. The Kier molecular flexibility index (Phi) is 11.5. The van der Waals surface area contributed by atoms with E-state index in [0.717, 1.165) is 36.2 Å². The van der Waals surface area contributed by atoms with Crippen LogP contribution in [0.3, 0.4) is 0 Å². The lowest BCUT2D eigenvalue weighted by Crippen LogP contribution is -2.35. The van der Waals surface area contributed by atoms with Gasteiger partial charge in [0.05, 0.1) is 17.6 Å². The molecule has 1 atom stereocenters. The highest BCUT2D eigenvalue weighted by atomic mass is 19.4. The van der Waals surface area contributed by atoms with E-state index in [1.165, 1.54) is 12.1 Å². The Hall–Kier alpha value is -3.33. The van der Waals surface area contributed by atoms with Gasteiger partial charge >= 0.3 is 12.1 Å². The van der Waals surface area contributed by atoms with Crippen molar-refractivity contribution >= 4 is 5.97 Å². The molecule has 0 fully saturated rings. The van der Waals surface area contributed by atoms with E-state index in [1.807, 2.05) is 43.9 Å². The number of benzene rings is 3. The van der Waals surface area contributed by atoms with Crippen LogP contribution in [-0.4, -0.2) is 24.0 Å². The van der Waals surface area contributed by atoms with E-state index in [9.17, 15) is 31.1 Å². The Morgan fingerprint density at radius 3 is 1.93 bits per heavy atom. The zero-order valence-corrected chi connectivity index (χ0v) is 25.3. The van der Waals surface area contributed by atoms with Gasteiger partial charge in [-0.25, -0.2) is 13.2 Å². The van der Waals surface area contributed by atoms with Gasteiger partial charge in [0.2, 0.25) is 0 Å². The highest BCUT2D eigenvalue weighted by Crippen LogP contribution is 2.36. The van der Waals surface area contributed by atoms with Gasteiger partial charge in [-0.15, -0.1) is 0 Å². The third-order valence-electron chi connectivity index (χ3n) is 7.53. The van der Waals surface area contributed by atoms with Crippen molar-refractivity contribution in [1.29, 1.82) is 0 Å². The second kappa shape index (κ2) is 14.4. The lowest BCUT2D eigenvalue weighted by Gasteiger charge is -2.30. The van der Waals surface area contributed by atoms with Gasteiger partial charge in [0.25, 0.3) is 0 Å². The Morgan fingerprint density at radius 1 is 0.837 bits per heavy atom. The molecule has 3 aromatic carbocycles. The van der Waals surface area contributed by atoms with Gasteiger partial charge in [0, 0.05) is 13.1 Å². The van der Waals surface area contributed by atoms with Crippen LogP contribution in [0.4, 0.5) is 26.3 Å². The van der Waals surface area contributed by atoms with Gasteiger partial charge in [-0.1, -0.05) is 45.4 Å². The second-order valence-corrected chi connectivity index (χ2v) is 11.6. The van der Waals surface area contributed by atoms with Crippen molar-refractivity contribution in [3.63, 3.8) is 0 Å². The van der Waals surface area contributed by atoms with Gasteiger partial charge in [-0.05, 0) is 103 Å². The van der Waals surface area contributed by atoms with Crippen LogP contribution in [0.1, 0.15) is 76.1 Å². The Labute approximate surface area is 249 Å². The van der Waals surface area contributed by atoms with Crippen LogP contribution in [0.2, 0.25) is 0 Å². The maximum absolute atomic E-state index is 14.0. The van der Waals surface area contributed by atoms with Crippen LogP contribution in [-0.2, 0) is 34.2 Å². The molecule has 0 radical (unpaired) electrons. The number of rotatable bonds is 13. The molecule has 3 aromatic rings. The lowest BCUT2D eigenvalue weighted by atomic mass is 9.77. The minimum atomic E-state index is -4.48. The molecular formula is C34H39F6NO2. The molecule has 0 aliphatic rings. The quantitative estimate of drug-likeness (QED) is 0.110. The van der Waals surface area contributed by atoms with Gasteiger partial charge in [-0.2, -0.15) is 13.2 Å². The fraction of sp³-hybridized carbons (Fsp3) is 0.441. The Balaban J connectivity index is 2.12. The van der Waals surface area contributed by atoms with E-state index in [4.69, 9.17) is 4.74 Å². The smallest absolute Gasteiger partial charge is 0.416 e. The molecule has 0 saturated carbocycles. The maximum atomic E-state index is 14.0. The first-order valence-electron chi connectivity index (χ1n) is 14.5. The van der Waals surface area contributed by atoms with Crippen LogP contribution in [0.25, 0.3) is 11.1 Å². The molecule has 0 amide bonds. The molecule has 0 N–H and O–H groups in total. The van der Waals surface area contributed by atoms with E-state index in [1.54, 1.807) is 13.8 Å². The zero-order valence-electron chi connectivity index (χ0n) is 25.3. The lowest BCUT2D eigenvalue weighted by molar-refractivity contribution is -0.149. The first-order chi connectivity index (χ1) is 20.2. The van der Waals surface area contributed by atoms with Gasteiger partial charge in [0.1, 0.15) is 0 Å². The molecule has 0 saturated heterocycles. The summed E-state index contributed by atoms with van der Waals surface area (Å²) in [5, 5.41) is 0. The highest BCUT2D eigenvalue weighted by Gasteiger charge is 2.37. The Morgan fingerprint density at radius 2 is 1.42 bits per heavy atom. The number of hydrogen-bond acceptors (Lipinski definition) is 3. The summed E-state index contributed by atoms with van der Waals surface area (Å²) in [6.45, 7) is 10.8. The summed E-state index contributed by atoms with van der Waals surface area (Å²) in [5.41, 5.74) is 1.04. The number of halogens is 6. The number of hydrogen-bond donors (Lipinski definition) is 0. The predicted octanol–water partition coefficient (Wildman–Crippen LogP) is 9.46. The summed E-state index contributed by atoms with van der Waals surface area (Å²) in [5.74, 6) is -4.14. The van der Waals surface area contributed by atoms with Crippen LogP contribution < -0.4 is 0 Å². The van der Waals surface area contributed by atoms with E-state index < -0.39 is 40.6 Å². The molecule has 0 aliphatic carbocycles. The first kappa shape index (κ1) is 34.2. The van der Waals surface area contributed by atoms with Crippen molar-refractivity contribution in [2.75, 3.05) is 13.2 Å². The molecule has 1 unspecified atom stereocenters. The minimum absolute atomic E-state index is 0.130. The van der Waals surface area contributed by atoms with Crippen LogP contribution in [0, 0.1) is 23.4 Å². The van der Waals surface area contributed by atoms with Crippen molar-refractivity contribution in [1.82, 2.24) is 4.90 Å². The monoisotopic (exact) mass is 607 g/mol. The number of esters is 1. The summed E-state index contributed by atoms with van der Waals surface area (Å²) in [6, 6.07) is 12.3. The molecule has 9 heteroatoms. The van der Waals surface area contributed by atoms with E-state index in [2.05, 4.69) is 0 Å². The number of carbonyl (C=O) groups is 1. The molecule has 3 nitrogen and oxygen atoms in total. The number of alkyl halides is 3. The molecule has 3 rings (SSSR count). The van der Waals surface area contributed by atoms with Crippen LogP contribution >= 0.6 is 0 Å². The molecule has 0 aromatic heterocycles. The van der Waals surface area contributed by atoms with Gasteiger partial charge < -0.3 is 4.74 Å². The number of ether oxygens (including phenoxy) is 1. The summed E-state index contributed by atoms with van der Waals surface area (Å²) >= 11 is 0. The summed E-state index contributed by atoms with van der Waals surface area (Å²) in [7, 11) is 0. The molecule has 0 spiro atoms. The Bertz CT molecular complexity index is 1360. The third-order valence-corrected chi connectivity index (χ3v) is 7.53. The average Bonchev–Trinajstić information content (AvgIpc) is 2.94. The van der Waals surface area contributed by atoms with Crippen molar-refractivity contribution in [3.05, 3.63) is 94.3 Å². The van der Waals surface area contributed by atoms with Crippen molar-refractivity contribution in [2.24, 2.45) is 5.92 Å². The molecule has 43 heavy (non-hydrogen) atoms. The average molecular weight is 608 g/mol. The third kappa shape index (κ3) is 8.85. The second-order valence-electron chi connectivity index (χ2n) is 11.6. The van der Waals surface area contributed by atoms with Gasteiger partial charge in [-0.3, -0.25) is 9.69 Å². The molecule has 0 heterocycles. The number of nitrogens with zero attached hydrogens (tertiary/aromatic N) is 1. The number of carbonyl (C=O) groups excluding carboxylic acids is 1. The zero-order chi connectivity index (χ0) is 31.9. The molecular weight excluding hydrogens is 568 g/mol. The fourth-order valence-corrected chi connectivity index (χ4v) is 5.15. The SMILES string of the molecule is CCCC(C)(C(=O)OCC)c1cc(CN(CCC(C)C)Cc2cc(F)c(F)c(F)c2)cc(-c2ccc(C(F)(F)F)cc2)c1. The molecule has 0 aliphatic heterocycles. The minimum Gasteiger partial charge on any atom is -0.465 e.